The number of aromatic nitrogens is 1. The summed E-state index contributed by atoms with van der Waals surface area (Å²) in [6.07, 6.45) is 1.48. The molecule has 0 radical (unpaired) electrons. The van der Waals surface area contributed by atoms with Gasteiger partial charge in [-0.2, -0.15) is 4.39 Å². The number of piperazine rings is 1. The average Bonchev–Trinajstić information content (AvgIpc) is 2.59. The molecule has 1 aromatic carbocycles. The van der Waals surface area contributed by atoms with Crippen LogP contribution in [0.4, 0.5) is 15.8 Å². The summed E-state index contributed by atoms with van der Waals surface area (Å²) in [6.45, 7) is 9.51. The van der Waals surface area contributed by atoms with Crippen LogP contribution in [0.25, 0.3) is 0 Å². The van der Waals surface area contributed by atoms with Gasteiger partial charge in [-0.25, -0.2) is 4.98 Å². The van der Waals surface area contributed by atoms with Crippen LogP contribution in [0.5, 0.6) is 0 Å². The van der Waals surface area contributed by atoms with Gasteiger partial charge in [0.05, 0.1) is 6.54 Å². The summed E-state index contributed by atoms with van der Waals surface area (Å²) in [5, 5.41) is 3.05. The molecule has 0 spiro atoms. The average molecular weight is 356 g/mol. The Morgan fingerprint density at radius 3 is 2.38 bits per heavy atom. The number of pyridine rings is 1. The van der Waals surface area contributed by atoms with Crippen LogP contribution in [0, 0.1) is 26.7 Å². The number of hydrogen-bond acceptors (Lipinski definition) is 4. The van der Waals surface area contributed by atoms with Gasteiger partial charge in [0.25, 0.3) is 0 Å². The third kappa shape index (κ3) is 4.38. The van der Waals surface area contributed by atoms with Crippen molar-refractivity contribution in [3.8, 4) is 0 Å². The van der Waals surface area contributed by atoms with Gasteiger partial charge in [-0.1, -0.05) is 17.7 Å². The molecule has 0 unspecified atom stereocenters. The summed E-state index contributed by atoms with van der Waals surface area (Å²) < 4.78 is 13.3. The molecule has 1 aliphatic heterocycles. The summed E-state index contributed by atoms with van der Waals surface area (Å²) in [5.41, 5.74) is 5.11. The minimum atomic E-state index is -0.465. The van der Waals surface area contributed by atoms with Gasteiger partial charge in [0.1, 0.15) is 0 Å². The van der Waals surface area contributed by atoms with Crippen LogP contribution in [-0.4, -0.2) is 48.5 Å². The normalized spacial score (nSPS) is 15.2. The number of aryl methyl sites for hydroxylation is 3. The Morgan fingerprint density at radius 1 is 1.12 bits per heavy atom. The highest BCUT2D eigenvalue weighted by atomic mass is 19.1. The maximum atomic E-state index is 13.3. The number of rotatable bonds is 4. The Hall–Kier alpha value is -2.47. The largest absolute Gasteiger partial charge is 0.369 e. The third-order valence-corrected chi connectivity index (χ3v) is 4.76. The molecular weight excluding hydrogens is 331 g/mol. The first-order valence-corrected chi connectivity index (χ1v) is 8.89. The lowest BCUT2D eigenvalue weighted by molar-refractivity contribution is -0.117. The molecule has 26 heavy (non-hydrogen) atoms. The number of benzene rings is 1. The van der Waals surface area contributed by atoms with E-state index in [2.05, 4.69) is 39.2 Å². The van der Waals surface area contributed by atoms with Gasteiger partial charge in [-0.3, -0.25) is 9.69 Å². The van der Waals surface area contributed by atoms with Crippen LogP contribution >= 0.6 is 0 Å². The van der Waals surface area contributed by atoms with Gasteiger partial charge < -0.3 is 10.2 Å². The van der Waals surface area contributed by atoms with Crippen molar-refractivity contribution >= 4 is 17.3 Å². The minimum absolute atomic E-state index is 0.00320. The van der Waals surface area contributed by atoms with Crippen molar-refractivity contribution in [2.24, 2.45) is 0 Å². The highest BCUT2D eigenvalue weighted by Crippen LogP contribution is 2.22. The smallest absolute Gasteiger partial charge is 0.238 e. The maximum Gasteiger partial charge on any atom is 0.238 e. The standard InChI is InChI=1S/C20H25FN4O/c1-14-10-15(2)20(16(3)11-14)23-19(26)13-24-6-8-25(9-7-24)17-4-5-22-18(21)12-17/h4-5,10-12H,6-9,13H2,1-3H3,(H,23,26). The fourth-order valence-corrected chi connectivity index (χ4v) is 3.51. The molecule has 2 heterocycles. The summed E-state index contributed by atoms with van der Waals surface area (Å²) >= 11 is 0. The Balaban J connectivity index is 1.54. The first-order valence-electron chi connectivity index (χ1n) is 8.89. The summed E-state index contributed by atoms with van der Waals surface area (Å²) in [5.74, 6) is -0.461. The van der Waals surface area contributed by atoms with Crippen molar-refractivity contribution < 1.29 is 9.18 Å². The van der Waals surface area contributed by atoms with Crippen molar-refractivity contribution in [2.75, 3.05) is 42.9 Å². The number of anilines is 2. The van der Waals surface area contributed by atoms with Crippen LogP contribution < -0.4 is 10.2 Å². The molecule has 0 aliphatic carbocycles. The molecule has 0 saturated carbocycles. The van der Waals surface area contributed by atoms with E-state index in [1.165, 1.54) is 17.8 Å². The van der Waals surface area contributed by atoms with Crippen molar-refractivity contribution in [2.45, 2.75) is 20.8 Å². The Morgan fingerprint density at radius 2 is 1.77 bits per heavy atom. The van der Waals surface area contributed by atoms with Gasteiger partial charge in [-0.05, 0) is 38.0 Å². The first-order chi connectivity index (χ1) is 12.4. The predicted molar refractivity (Wildman–Crippen MR) is 102 cm³/mol. The number of amides is 1. The lowest BCUT2D eigenvalue weighted by Gasteiger charge is -2.35. The van der Waals surface area contributed by atoms with Crippen LogP contribution in [0.2, 0.25) is 0 Å². The van der Waals surface area contributed by atoms with Gasteiger partial charge in [-0.15, -0.1) is 0 Å². The molecule has 1 amide bonds. The van der Waals surface area contributed by atoms with Crippen LogP contribution in [0.3, 0.4) is 0 Å². The summed E-state index contributed by atoms with van der Waals surface area (Å²) in [6, 6.07) is 7.42. The van der Waals surface area contributed by atoms with Crippen LogP contribution in [0.1, 0.15) is 16.7 Å². The Bertz CT molecular complexity index is 777. The van der Waals surface area contributed by atoms with Gasteiger partial charge in [0.15, 0.2) is 0 Å². The monoisotopic (exact) mass is 356 g/mol. The fraction of sp³-hybridized carbons (Fsp3) is 0.400. The quantitative estimate of drug-likeness (QED) is 0.856. The second-order valence-electron chi connectivity index (χ2n) is 6.92. The second kappa shape index (κ2) is 7.83. The molecule has 6 heteroatoms. The topological polar surface area (TPSA) is 48.5 Å². The first kappa shape index (κ1) is 18.3. The molecule has 0 atom stereocenters. The van der Waals surface area contributed by atoms with E-state index in [1.807, 2.05) is 19.9 Å². The molecule has 138 valence electrons. The molecule has 1 fully saturated rings. The van der Waals surface area contributed by atoms with Crippen molar-refractivity contribution in [3.05, 3.63) is 53.1 Å². The number of nitrogens with zero attached hydrogens (tertiary/aromatic N) is 3. The van der Waals surface area contributed by atoms with Crippen LogP contribution in [-0.2, 0) is 4.79 Å². The molecule has 1 N–H and O–H groups in total. The number of nitrogens with one attached hydrogen (secondary N) is 1. The van der Waals surface area contributed by atoms with E-state index in [-0.39, 0.29) is 5.91 Å². The second-order valence-corrected chi connectivity index (χ2v) is 6.92. The van der Waals surface area contributed by atoms with E-state index in [4.69, 9.17) is 0 Å². The lowest BCUT2D eigenvalue weighted by Crippen LogP contribution is -2.48. The summed E-state index contributed by atoms with van der Waals surface area (Å²) in [4.78, 5) is 20.3. The maximum absolute atomic E-state index is 13.3. The van der Waals surface area contributed by atoms with E-state index in [0.717, 1.165) is 48.7 Å². The zero-order valence-corrected chi connectivity index (χ0v) is 15.6. The Kier molecular flexibility index (Phi) is 5.52. The number of halogens is 1. The number of carbonyl (C=O) groups is 1. The summed E-state index contributed by atoms with van der Waals surface area (Å²) in [7, 11) is 0. The molecule has 1 aliphatic rings. The van der Waals surface area contributed by atoms with E-state index in [0.29, 0.717) is 6.54 Å². The Labute approximate surface area is 153 Å². The highest BCUT2D eigenvalue weighted by Gasteiger charge is 2.20. The van der Waals surface area contributed by atoms with Gasteiger partial charge in [0.2, 0.25) is 11.9 Å². The number of carbonyl (C=O) groups excluding carboxylic acids is 1. The van der Waals surface area contributed by atoms with Gasteiger partial charge >= 0.3 is 0 Å². The lowest BCUT2D eigenvalue weighted by atomic mass is 10.1. The molecule has 0 bridgehead atoms. The van der Waals surface area contributed by atoms with Crippen molar-refractivity contribution in [1.29, 1.82) is 0 Å². The predicted octanol–water partition coefficient (Wildman–Crippen LogP) is 2.91. The zero-order chi connectivity index (χ0) is 18.7. The zero-order valence-electron chi connectivity index (χ0n) is 15.6. The van der Waals surface area contributed by atoms with Crippen molar-refractivity contribution in [1.82, 2.24) is 9.88 Å². The van der Waals surface area contributed by atoms with Crippen LogP contribution in [0.15, 0.2) is 30.5 Å². The molecule has 1 aromatic heterocycles. The molecule has 2 aromatic rings. The molecule has 3 rings (SSSR count). The fourth-order valence-electron chi connectivity index (χ4n) is 3.51. The SMILES string of the molecule is Cc1cc(C)c(NC(=O)CN2CCN(c3ccnc(F)c3)CC2)c(C)c1. The minimum Gasteiger partial charge on any atom is -0.369 e. The van der Waals surface area contributed by atoms with E-state index < -0.39 is 5.95 Å². The molecule has 5 nitrogen and oxygen atoms in total. The van der Waals surface area contributed by atoms with Gasteiger partial charge in [0, 0.05) is 49.8 Å². The number of hydrogen-bond donors (Lipinski definition) is 1. The molecular formula is C20H25FN4O. The highest BCUT2D eigenvalue weighted by molar-refractivity contribution is 5.93. The third-order valence-electron chi connectivity index (χ3n) is 4.76. The van der Waals surface area contributed by atoms with E-state index >= 15 is 0 Å². The molecule has 1 saturated heterocycles. The van der Waals surface area contributed by atoms with E-state index in [9.17, 15) is 9.18 Å². The van der Waals surface area contributed by atoms with E-state index in [1.54, 1.807) is 0 Å². The van der Waals surface area contributed by atoms with Crippen molar-refractivity contribution in [3.63, 3.8) is 0 Å².